The number of carbonyl (C=O) groups excluding carboxylic acids is 1. The first-order chi connectivity index (χ1) is 26.2. The molecule has 6 unspecified atom stereocenters. The van der Waals surface area contributed by atoms with E-state index in [1.54, 1.807) is 14.2 Å². The van der Waals surface area contributed by atoms with Crippen LogP contribution in [0.25, 0.3) is 0 Å². The van der Waals surface area contributed by atoms with Gasteiger partial charge in [0.05, 0.1) is 65.5 Å². The van der Waals surface area contributed by atoms with E-state index in [0.717, 1.165) is 28.2 Å². The monoisotopic (exact) mass is 760 g/mol. The van der Waals surface area contributed by atoms with E-state index in [0.29, 0.717) is 19.8 Å². The van der Waals surface area contributed by atoms with Gasteiger partial charge in [0.1, 0.15) is 35.5 Å². The normalized spacial score (nSPS) is 23.7. The molecule has 3 heterocycles. The molecule has 13 nitrogen and oxygen atoms in total. The van der Waals surface area contributed by atoms with Crippen LogP contribution >= 0.6 is 8.53 Å². The highest BCUT2D eigenvalue weighted by molar-refractivity contribution is 7.44. The number of hydrogen-bond acceptors (Lipinski definition) is 12. The number of carbonyl (C=O) groups is 1. The lowest BCUT2D eigenvalue weighted by atomic mass is 9.80. The zero-order valence-corrected chi connectivity index (χ0v) is 32.8. The number of hydrogen-bond donors (Lipinski definition) is 3. The third-order valence-electron chi connectivity index (χ3n) is 10.1. The predicted molar refractivity (Wildman–Crippen MR) is 205 cm³/mol. The summed E-state index contributed by atoms with van der Waals surface area (Å²) in [5.41, 5.74) is 1.68. The van der Waals surface area contributed by atoms with Crippen LogP contribution in [0.4, 0.5) is 0 Å². The van der Waals surface area contributed by atoms with Crippen LogP contribution in [-0.2, 0) is 28.9 Å². The van der Waals surface area contributed by atoms with Crippen molar-refractivity contribution < 1.29 is 32.8 Å². The Labute approximate surface area is 320 Å². The Hall–Kier alpha value is -3.67. The van der Waals surface area contributed by atoms with Crippen molar-refractivity contribution in [2.24, 2.45) is 0 Å². The van der Waals surface area contributed by atoms with E-state index in [9.17, 15) is 10.1 Å². The first-order valence-corrected chi connectivity index (χ1v) is 19.7. The molecule has 0 bridgehead atoms. The van der Waals surface area contributed by atoms with Gasteiger partial charge in [-0.1, -0.05) is 54.6 Å². The van der Waals surface area contributed by atoms with Crippen molar-refractivity contribution in [3.63, 3.8) is 0 Å². The highest BCUT2D eigenvalue weighted by Gasteiger charge is 2.50. The molecule has 6 rings (SSSR count). The van der Waals surface area contributed by atoms with Crippen LogP contribution in [0.3, 0.4) is 0 Å². The standard InChI is InChI=1S/C40H53N6O7P/c1-27(2)46(28(3)4)54(51-22-10-21-41)53-34-23-36(45-26-44-37-38(45)42-25-43-39(37)47)52-35(34)24-50-40(29-11-8-7-9-12-29,30-13-17-32(48-5)18-14-30)31-15-19-33(49-6)20-16-31/h7-9,11-20,27-28,34-38,42,44H,10,22-26H2,1-6H3,(H,43,47). The van der Waals surface area contributed by atoms with Gasteiger partial charge in [-0.2, -0.15) is 5.26 Å². The molecule has 6 atom stereocenters. The third-order valence-corrected chi connectivity index (χ3v) is 12.3. The molecule has 1 amide bonds. The molecule has 3 aromatic rings. The van der Waals surface area contributed by atoms with Gasteiger partial charge in [0.15, 0.2) is 0 Å². The average molecular weight is 761 g/mol. The lowest BCUT2D eigenvalue weighted by molar-refractivity contribution is -0.130. The van der Waals surface area contributed by atoms with Crippen LogP contribution in [0.5, 0.6) is 11.5 Å². The SMILES string of the molecule is COc1ccc(C(OCC2OC(N3CNC4C(=O)NCNC43)CC2OP(OCCC#N)N(C(C)C)C(C)C)(c2ccccc2)c2ccc(OC)cc2)cc1. The van der Waals surface area contributed by atoms with Crippen molar-refractivity contribution in [2.45, 2.75) is 88.9 Å². The second-order valence-electron chi connectivity index (χ2n) is 14.1. The van der Waals surface area contributed by atoms with E-state index < -0.39 is 32.4 Å². The quantitative estimate of drug-likeness (QED) is 0.0968. The minimum Gasteiger partial charge on any atom is -0.497 e. The van der Waals surface area contributed by atoms with E-state index in [2.05, 4.69) is 71.4 Å². The third kappa shape index (κ3) is 8.58. The predicted octanol–water partition coefficient (Wildman–Crippen LogP) is 5.02. The smallest absolute Gasteiger partial charge is 0.259 e. The van der Waals surface area contributed by atoms with Crippen molar-refractivity contribution in [1.82, 2.24) is 25.5 Å². The Morgan fingerprint density at radius 2 is 1.54 bits per heavy atom. The molecule has 290 valence electrons. The summed E-state index contributed by atoms with van der Waals surface area (Å²) in [5, 5.41) is 19.0. The van der Waals surface area contributed by atoms with Crippen LogP contribution in [0.2, 0.25) is 0 Å². The van der Waals surface area contributed by atoms with E-state index in [1.165, 1.54) is 0 Å². The summed E-state index contributed by atoms with van der Waals surface area (Å²) in [6, 6.07) is 28.1. The van der Waals surface area contributed by atoms with Gasteiger partial charge >= 0.3 is 0 Å². The summed E-state index contributed by atoms with van der Waals surface area (Å²) in [4.78, 5) is 14.9. The molecule has 3 saturated heterocycles. The summed E-state index contributed by atoms with van der Waals surface area (Å²) in [6.07, 6.45) is -0.850. The Morgan fingerprint density at radius 1 is 0.926 bits per heavy atom. The number of methoxy groups -OCH3 is 2. The molecular weight excluding hydrogens is 707 g/mol. The number of nitrogens with zero attached hydrogens (tertiary/aromatic N) is 3. The first kappa shape index (κ1) is 40.0. The lowest BCUT2D eigenvalue weighted by Gasteiger charge is -2.39. The molecule has 0 aromatic heterocycles. The van der Waals surface area contributed by atoms with Gasteiger partial charge in [0.2, 0.25) is 5.91 Å². The van der Waals surface area contributed by atoms with Gasteiger partial charge in [-0.25, -0.2) is 9.57 Å². The van der Waals surface area contributed by atoms with Crippen molar-refractivity contribution in [3.8, 4) is 17.6 Å². The van der Waals surface area contributed by atoms with E-state index >= 15 is 0 Å². The fourth-order valence-corrected chi connectivity index (χ4v) is 9.33. The van der Waals surface area contributed by atoms with Crippen LogP contribution in [0.1, 0.15) is 57.2 Å². The van der Waals surface area contributed by atoms with Crippen LogP contribution in [-0.4, -0.2) is 99.0 Å². The second-order valence-corrected chi connectivity index (χ2v) is 15.5. The summed E-state index contributed by atoms with van der Waals surface area (Å²) in [5.74, 6) is 1.42. The van der Waals surface area contributed by atoms with Gasteiger partial charge in [0, 0.05) is 18.5 Å². The Morgan fingerprint density at radius 3 is 2.11 bits per heavy atom. The number of ether oxygens (including phenoxy) is 4. The van der Waals surface area contributed by atoms with Crippen molar-refractivity contribution in [3.05, 3.63) is 95.6 Å². The van der Waals surface area contributed by atoms with E-state index in [4.69, 9.17) is 28.0 Å². The zero-order valence-electron chi connectivity index (χ0n) is 31.9. The molecule has 0 spiro atoms. The summed E-state index contributed by atoms with van der Waals surface area (Å²) in [7, 11) is 1.72. The van der Waals surface area contributed by atoms with Crippen molar-refractivity contribution >= 4 is 14.4 Å². The summed E-state index contributed by atoms with van der Waals surface area (Å²) in [6.45, 7) is 9.72. The van der Waals surface area contributed by atoms with Gasteiger partial charge in [-0.15, -0.1) is 0 Å². The zero-order chi connectivity index (χ0) is 38.2. The minimum atomic E-state index is -1.58. The number of nitriles is 1. The molecule has 0 saturated carbocycles. The number of benzene rings is 3. The van der Waals surface area contributed by atoms with Crippen LogP contribution in [0.15, 0.2) is 78.9 Å². The van der Waals surface area contributed by atoms with Gasteiger partial charge < -0.3 is 33.3 Å². The van der Waals surface area contributed by atoms with E-state index in [1.807, 2.05) is 66.7 Å². The fourth-order valence-electron chi connectivity index (χ4n) is 7.57. The molecule has 54 heavy (non-hydrogen) atoms. The van der Waals surface area contributed by atoms with Crippen molar-refractivity contribution in [1.29, 1.82) is 5.26 Å². The molecule has 3 N–H and O–H groups in total. The topological polar surface area (TPSA) is 139 Å². The highest BCUT2D eigenvalue weighted by atomic mass is 31.2. The number of rotatable bonds is 17. The maximum absolute atomic E-state index is 12.8. The van der Waals surface area contributed by atoms with Crippen molar-refractivity contribution in [2.75, 3.05) is 40.8 Å². The summed E-state index contributed by atoms with van der Waals surface area (Å²) < 4.78 is 41.0. The number of amides is 1. The number of fused-ring (bicyclic) bond motifs is 1. The maximum atomic E-state index is 12.8. The van der Waals surface area contributed by atoms with Gasteiger partial charge in [0.25, 0.3) is 8.53 Å². The minimum absolute atomic E-state index is 0.0440. The molecule has 3 aromatic carbocycles. The fraction of sp³-hybridized carbons (Fsp3) is 0.500. The second kappa shape index (κ2) is 18.3. The lowest BCUT2D eigenvalue weighted by Crippen LogP contribution is -2.63. The average Bonchev–Trinajstić information content (AvgIpc) is 3.80. The van der Waals surface area contributed by atoms with Gasteiger partial charge in [-0.05, 0) is 68.7 Å². The number of nitrogens with one attached hydrogen (secondary N) is 3. The Balaban J connectivity index is 1.39. The summed E-state index contributed by atoms with van der Waals surface area (Å²) >= 11 is 0. The first-order valence-electron chi connectivity index (χ1n) is 18.6. The molecule has 3 fully saturated rings. The maximum Gasteiger partial charge on any atom is 0.259 e. The highest BCUT2D eigenvalue weighted by Crippen LogP contribution is 2.50. The van der Waals surface area contributed by atoms with Gasteiger partial charge in [-0.3, -0.25) is 15.4 Å². The van der Waals surface area contributed by atoms with Crippen LogP contribution in [0, 0.1) is 11.3 Å². The molecule has 3 aliphatic heterocycles. The Bertz CT molecular complexity index is 1640. The molecular formula is C40H53N6O7P. The molecule has 0 aliphatic carbocycles. The molecule has 0 radical (unpaired) electrons. The van der Waals surface area contributed by atoms with E-state index in [-0.39, 0.29) is 50.0 Å². The Kier molecular flexibility index (Phi) is 13.6. The molecule has 3 aliphatic rings. The molecule has 14 heteroatoms. The van der Waals surface area contributed by atoms with Crippen LogP contribution < -0.4 is 25.4 Å². The largest absolute Gasteiger partial charge is 0.497 e.